The highest BCUT2D eigenvalue weighted by Gasteiger charge is 2.05. The number of carboxylic acids is 1. The third-order valence-electron chi connectivity index (χ3n) is 2.58. The zero-order valence-electron chi connectivity index (χ0n) is 11.3. The van der Waals surface area contributed by atoms with Crippen LogP contribution in [0.15, 0.2) is 30.3 Å². The lowest BCUT2D eigenvalue weighted by Gasteiger charge is -2.20. The Labute approximate surface area is 109 Å². The van der Waals surface area contributed by atoms with Crippen molar-refractivity contribution in [1.82, 2.24) is 4.90 Å². The second kappa shape index (κ2) is 6.97. The topological polar surface area (TPSA) is 40.5 Å². The van der Waals surface area contributed by atoms with Gasteiger partial charge >= 0.3 is 5.97 Å². The summed E-state index contributed by atoms with van der Waals surface area (Å²) < 4.78 is 0. The number of aliphatic carboxylic acids is 1. The number of nitrogens with zero attached hydrogens (tertiary/aromatic N) is 1. The monoisotopic (exact) mass is 247 g/mol. The summed E-state index contributed by atoms with van der Waals surface area (Å²) in [4.78, 5) is 12.8. The molecule has 1 N–H and O–H groups in total. The van der Waals surface area contributed by atoms with Crippen LogP contribution in [0.25, 0.3) is 6.08 Å². The minimum absolute atomic E-state index is 0.622. The molecule has 1 aromatic carbocycles. The van der Waals surface area contributed by atoms with Crippen LogP contribution < -0.4 is 0 Å². The van der Waals surface area contributed by atoms with Gasteiger partial charge < -0.3 is 10.0 Å². The first-order chi connectivity index (χ1) is 8.49. The van der Waals surface area contributed by atoms with E-state index in [1.807, 2.05) is 24.3 Å². The standard InChI is InChI=1S/C15H21NO2/c1-12(2)10-16(3)11-14-7-5-4-6-13(14)8-9-15(17)18/h4-9,12H,10-11H2,1-3H3,(H,17,18)/b9-8+. The minimum atomic E-state index is -0.916. The molecule has 1 aromatic rings. The summed E-state index contributed by atoms with van der Waals surface area (Å²) in [6.45, 7) is 6.23. The van der Waals surface area contributed by atoms with Gasteiger partial charge in [-0.1, -0.05) is 38.1 Å². The van der Waals surface area contributed by atoms with E-state index in [1.165, 1.54) is 6.08 Å². The zero-order valence-corrected chi connectivity index (χ0v) is 11.3. The van der Waals surface area contributed by atoms with Crippen molar-refractivity contribution in [2.75, 3.05) is 13.6 Å². The molecule has 98 valence electrons. The van der Waals surface area contributed by atoms with Gasteiger partial charge in [-0.3, -0.25) is 0 Å². The Bertz CT molecular complexity index is 424. The first-order valence-electron chi connectivity index (χ1n) is 6.16. The summed E-state index contributed by atoms with van der Waals surface area (Å²) in [6.07, 6.45) is 2.84. The molecule has 0 aromatic heterocycles. The Kier molecular flexibility index (Phi) is 5.59. The average Bonchev–Trinajstić information content (AvgIpc) is 2.26. The predicted octanol–water partition coefficient (Wildman–Crippen LogP) is 2.87. The molecule has 0 saturated heterocycles. The molecule has 18 heavy (non-hydrogen) atoms. The fourth-order valence-electron chi connectivity index (χ4n) is 1.98. The summed E-state index contributed by atoms with van der Waals surface area (Å²) in [5, 5.41) is 8.67. The molecule has 3 nitrogen and oxygen atoms in total. The molecular weight excluding hydrogens is 226 g/mol. The van der Waals surface area contributed by atoms with E-state index in [9.17, 15) is 4.79 Å². The molecule has 0 aliphatic rings. The Morgan fingerprint density at radius 2 is 2.06 bits per heavy atom. The highest BCUT2D eigenvalue weighted by Crippen LogP contribution is 2.13. The second-order valence-corrected chi connectivity index (χ2v) is 4.96. The number of benzene rings is 1. The van der Waals surface area contributed by atoms with Gasteiger partial charge in [0.05, 0.1) is 0 Å². The molecule has 0 fully saturated rings. The van der Waals surface area contributed by atoms with Crippen LogP contribution in [-0.2, 0) is 11.3 Å². The zero-order chi connectivity index (χ0) is 13.5. The summed E-state index contributed by atoms with van der Waals surface area (Å²) in [5.74, 6) is -0.294. The van der Waals surface area contributed by atoms with Crippen LogP contribution >= 0.6 is 0 Å². The van der Waals surface area contributed by atoms with Crippen LogP contribution in [0.5, 0.6) is 0 Å². The molecule has 0 amide bonds. The van der Waals surface area contributed by atoms with Crippen LogP contribution in [0.2, 0.25) is 0 Å². The molecule has 0 aliphatic heterocycles. The molecule has 0 atom stereocenters. The van der Waals surface area contributed by atoms with Crippen molar-refractivity contribution in [2.24, 2.45) is 5.92 Å². The molecule has 0 radical (unpaired) electrons. The number of hydrogen-bond donors (Lipinski definition) is 1. The first kappa shape index (κ1) is 14.5. The van der Waals surface area contributed by atoms with Crippen LogP contribution in [-0.4, -0.2) is 29.6 Å². The van der Waals surface area contributed by atoms with E-state index in [2.05, 4.69) is 25.8 Å². The van der Waals surface area contributed by atoms with Crippen molar-refractivity contribution < 1.29 is 9.90 Å². The Balaban J connectivity index is 2.79. The van der Waals surface area contributed by atoms with Crippen molar-refractivity contribution in [3.05, 3.63) is 41.5 Å². The van der Waals surface area contributed by atoms with Crippen molar-refractivity contribution in [3.63, 3.8) is 0 Å². The molecule has 0 unspecified atom stereocenters. The van der Waals surface area contributed by atoms with Crippen LogP contribution in [0.1, 0.15) is 25.0 Å². The maximum absolute atomic E-state index is 10.6. The van der Waals surface area contributed by atoms with Gasteiger partial charge in [-0.25, -0.2) is 4.79 Å². The molecule has 0 bridgehead atoms. The van der Waals surface area contributed by atoms with Gasteiger partial charge in [0.25, 0.3) is 0 Å². The van der Waals surface area contributed by atoms with E-state index in [4.69, 9.17) is 5.11 Å². The van der Waals surface area contributed by atoms with Gasteiger partial charge in [-0.15, -0.1) is 0 Å². The van der Waals surface area contributed by atoms with Gasteiger partial charge in [0.1, 0.15) is 0 Å². The van der Waals surface area contributed by atoms with Gasteiger partial charge in [0, 0.05) is 19.2 Å². The smallest absolute Gasteiger partial charge is 0.328 e. The molecule has 0 aliphatic carbocycles. The van der Waals surface area contributed by atoms with Crippen LogP contribution in [0, 0.1) is 5.92 Å². The third kappa shape index (κ3) is 5.15. The molecule has 1 rings (SSSR count). The lowest BCUT2D eigenvalue weighted by atomic mass is 10.1. The summed E-state index contributed by atoms with van der Waals surface area (Å²) in [7, 11) is 2.08. The Morgan fingerprint density at radius 3 is 2.67 bits per heavy atom. The van der Waals surface area contributed by atoms with Crippen molar-refractivity contribution in [1.29, 1.82) is 0 Å². The number of carboxylic acid groups (broad SMARTS) is 1. The van der Waals surface area contributed by atoms with Gasteiger partial charge in [-0.05, 0) is 30.2 Å². The minimum Gasteiger partial charge on any atom is -0.478 e. The largest absolute Gasteiger partial charge is 0.478 e. The molecular formula is C15H21NO2. The second-order valence-electron chi connectivity index (χ2n) is 4.96. The lowest BCUT2D eigenvalue weighted by Crippen LogP contribution is -2.23. The summed E-state index contributed by atoms with van der Waals surface area (Å²) >= 11 is 0. The van der Waals surface area contributed by atoms with E-state index in [1.54, 1.807) is 6.08 Å². The molecule has 0 spiro atoms. The molecule has 0 heterocycles. The van der Waals surface area contributed by atoms with E-state index in [-0.39, 0.29) is 0 Å². The van der Waals surface area contributed by atoms with Crippen molar-refractivity contribution >= 4 is 12.0 Å². The highest BCUT2D eigenvalue weighted by molar-refractivity contribution is 5.85. The van der Waals surface area contributed by atoms with Crippen molar-refractivity contribution in [2.45, 2.75) is 20.4 Å². The van der Waals surface area contributed by atoms with Gasteiger partial charge in [0.15, 0.2) is 0 Å². The maximum atomic E-state index is 10.6. The first-order valence-corrected chi connectivity index (χ1v) is 6.16. The summed E-state index contributed by atoms with van der Waals surface area (Å²) in [6, 6.07) is 7.89. The quantitative estimate of drug-likeness (QED) is 0.786. The Morgan fingerprint density at radius 1 is 1.39 bits per heavy atom. The van der Waals surface area contributed by atoms with E-state index < -0.39 is 5.97 Å². The van der Waals surface area contributed by atoms with Gasteiger partial charge in [0.2, 0.25) is 0 Å². The number of rotatable bonds is 6. The third-order valence-corrected chi connectivity index (χ3v) is 2.58. The summed E-state index contributed by atoms with van der Waals surface area (Å²) in [5.41, 5.74) is 2.12. The fourth-order valence-corrected chi connectivity index (χ4v) is 1.98. The van der Waals surface area contributed by atoms with E-state index in [0.717, 1.165) is 24.2 Å². The highest BCUT2D eigenvalue weighted by atomic mass is 16.4. The number of hydrogen-bond acceptors (Lipinski definition) is 2. The van der Waals surface area contributed by atoms with Crippen LogP contribution in [0.3, 0.4) is 0 Å². The van der Waals surface area contributed by atoms with Crippen LogP contribution in [0.4, 0.5) is 0 Å². The SMILES string of the molecule is CC(C)CN(C)Cc1ccccc1/C=C/C(=O)O. The van der Waals surface area contributed by atoms with E-state index >= 15 is 0 Å². The number of carbonyl (C=O) groups is 1. The molecule has 0 saturated carbocycles. The average molecular weight is 247 g/mol. The molecule has 3 heteroatoms. The normalized spacial score (nSPS) is 11.6. The maximum Gasteiger partial charge on any atom is 0.328 e. The lowest BCUT2D eigenvalue weighted by molar-refractivity contribution is -0.131. The Hall–Kier alpha value is -1.61. The predicted molar refractivity (Wildman–Crippen MR) is 74.3 cm³/mol. The van der Waals surface area contributed by atoms with Crippen molar-refractivity contribution in [3.8, 4) is 0 Å². The van der Waals surface area contributed by atoms with Gasteiger partial charge in [-0.2, -0.15) is 0 Å². The van der Waals surface area contributed by atoms with E-state index in [0.29, 0.717) is 5.92 Å². The fraction of sp³-hybridized carbons (Fsp3) is 0.400.